The van der Waals surface area contributed by atoms with E-state index in [2.05, 4.69) is 32.6 Å². The molecule has 3 fully saturated rings. The van der Waals surface area contributed by atoms with Crippen LogP contribution in [0.25, 0.3) is 0 Å². The molecule has 0 aromatic rings. The highest BCUT2D eigenvalue weighted by Crippen LogP contribution is 2.59. The molecule has 144 valence electrons. The number of hydrogen-bond donors (Lipinski definition) is 2. The summed E-state index contributed by atoms with van der Waals surface area (Å²) >= 11 is 0. The Bertz CT molecular complexity index is 617. The fourth-order valence-corrected chi connectivity index (χ4v) is 6.00. The number of fused-ring (bicyclic) bond motifs is 1. The van der Waals surface area contributed by atoms with Crippen LogP contribution in [0.3, 0.4) is 0 Å². The van der Waals surface area contributed by atoms with Crippen molar-refractivity contribution in [3.05, 3.63) is 35.5 Å². The van der Waals surface area contributed by atoms with Gasteiger partial charge in [0.1, 0.15) is 6.29 Å². The van der Waals surface area contributed by atoms with Crippen molar-refractivity contribution in [2.45, 2.75) is 77.4 Å². The number of carbonyl (C=O) groups excluding carboxylic acids is 1. The predicted molar refractivity (Wildman–Crippen MR) is 105 cm³/mol. The topological polar surface area (TPSA) is 57.5 Å². The van der Waals surface area contributed by atoms with E-state index in [0.717, 1.165) is 23.9 Å². The van der Waals surface area contributed by atoms with E-state index in [0.29, 0.717) is 42.4 Å². The summed E-state index contributed by atoms with van der Waals surface area (Å²) < 4.78 is 0. The number of allylic oxidation sites excluding steroid dienone is 3. The summed E-state index contributed by atoms with van der Waals surface area (Å²) in [5.41, 5.74) is 3.55. The van der Waals surface area contributed by atoms with Crippen LogP contribution in [-0.2, 0) is 4.79 Å². The normalized spacial score (nSPS) is 42.1. The Hall–Kier alpha value is -1.19. The third-order valence-electron chi connectivity index (χ3n) is 7.46. The lowest BCUT2D eigenvalue weighted by Crippen LogP contribution is -2.36. The molecule has 26 heavy (non-hydrogen) atoms. The average molecular weight is 359 g/mol. The van der Waals surface area contributed by atoms with Gasteiger partial charge >= 0.3 is 0 Å². The van der Waals surface area contributed by atoms with Crippen LogP contribution < -0.4 is 0 Å². The Kier molecular flexibility index (Phi) is 5.88. The maximum atomic E-state index is 11.0. The molecular formula is C23H34O3. The Labute approximate surface area is 157 Å². The summed E-state index contributed by atoms with van der Waals surface area (Å²) in [7, 11) is 0. The SMILES string of the molecule is C=C1/C(=C/C=C2\CCC[C@]3(C)[C@@H]2CC[C@H]3[C@@H](C)CC=O)C[C@@H](O)C[C@H]1O. The molecule has 0 aromatic heterocycles. The molecule has 3 saturated carbocycles. The van der Waals surface area contributed by atoms with Crippen molar-refractivity contribution < 1.29 is 15.0 Å². The maximum Gasteiger partial charge on any atom is 0.120 e. The first-order chi connectivity index (χ1) is 12.4. The molecule has 0 aromatic carbocycles. The van der Waals surface area contributed by atoms with Gasteiger partial charge < -0.3 is 15.0 Å². The highest BCUT2D eigenvalue weighted by Gasteiger charge is 2.50. The predicted octanol–water partition coefficient (Wildman–Crippen LogP) is 4.35. The van der Waals surface area contributed by atoms with Crippen LogP contribution in [0.4, 0.5) is 0 Å². The highest BCUT2D eigenvalue weighted by molar-refractivity contribution is 5.49. The van der Waals surface area contributed by atoms with Crippen LogP contribution in [0, 0.1) is 23.2 Å². The van der Waals surface area contributed by atoms with Crippen molar-refractivity contribution in [3.63, 3.8) is 0 Å². The van der Waals surface area contributed by atoms with Gasteiger partial charge in [-0.1, -0.05) is 38.2 Å². The first kappa shape index (κ1) is 19.6. The fourth-order valence-electron chi connectivity index (χ4n) is 6.00. The van der Waals surface area contributed by atoms with Crippen LogP contribution in [0.2, 0.25) is 0 Å². The van der Waals surface area contributed by atoms with Gasteiger partial charge in [-0.05, 0) is 72.8 Å². The summed E-state index contributed by atoms with van der Waals surface area (Å²) in [4.78, 5) is 11.0. The number of aliphatic hydroxyl groups is 2. The molecule has 0 bridgehead atoms. The second-order valence-corrected chi connectivity index (χ2v) is 9.04. The first-order valence-corrected chi connectivity index (χ1v) is 10.3. The smallest absolute Gasteiger partial charge is 0.120 e. The third kappa shape index (κ3) is 3.61. The van der Waals surface area contributed by atoms with Crippen molar-refractivity contribution in [3.8, 4) is 0 Å². The van der Waals surface area contributed by atoms with Gasteiger partial charge in [0.15, 0.2) is 0 Å². The summed E-state index contributed by atoms with van der Waals surface area (Å²) in [6.07, 6.45) is 12.0. The second-order valence-electron chi connectivity index (χ2n) is 9.04. The van der Waals surface area contributed by atoms with E-state index in [1.165, 1.54) is 31.3 Å². The zero-order valence-corrected chi connectivity index (χ0v) is 16.3. The standard InChI is InChI=1S/C23H34O3/c1-15(10-12-24)20-8-9-21-17(5-4-11-23(20,21)3)6-7-18-13-19(25)14-22(26)16(18)2/h6-7,12,15,19-22,25-26H,2,4-5,8-11,13-14H2,1,3H3/b17-6+,18-7+/t15-,19+,20-,21+,22+,23-/m0/s1. The van der Waals surface area contributed by atoms with E-state index in [1.807, 2.05) is 0 Å². The largest absolute Gasteiger partial charge is 0.393 e. The molecule has 3 aliphatic rings. The average Bonchev–Trinajstić information content (AvgIpc) is 2.94. The van der Waals surface area contributed by atoms with Crippen molar-refractivity contribution in [2.75, 3.05) is 0 Å². The monoisotopic (exact) mass is 358 g/mol. The first-order valence-electron chi connectivity index (χ1n) is 10.3. The molecule has 0 spiro atoms. The van der Waals surface area contributed by atoms with Crippen molar-refractivity contribution in [1.29, 1.82) is 0 Å². The maximum absolute atomic E-state index is 11.0. The zero-order chi connectivity index (χ0) is 18.9. The van der Waals surface area contributed by atoms with Crippen LogP contribution in [0.1, 0.15) is 65.2 Å². The van der Waals surface area contributed by atoms with Crippen molar-refractivity contribution >= 4 is 6.29 Å². The minimum absolute atomic E-state index is 0.299. The fraction of sp³-hybridized carbons (Fsp3) is 0.696. The Balaban J connectivity index is 1.81. The minimum Gasteiger partial charge on any atom is -0.393 e. The van der Waals surface area contributed by atoms with Gasteiger partial charge in [-0.2, -0.15) is 0 Å². The molecule has 0 radical (unpaired) electrons. The minimum atomic E-state index is -0.625. The molecule has 3 nitrogen and oxygen atoms in total. The number of hydrogen-bond acceptors (Lipinski definition) is 3. The van der Waals surface area contributed by atoms with Gasteiger partial charge in [0, 0.05) is 12.8 Å². The van der Waals surface area contributed by atoms with Gasteiger partial charge in [0.05, 0.1) is 12.2 Å². The summed E-state index contributed by atoms with van der Waals surface area (Å²) in [6.45, 7) is 8.69. The van der Waals surface area contributed by atoms with Crippen LogP contribution in [-0.4, -0.2) is 28.7 Å². The molecular weight excluding hydrogens is 324 g/mol. The molecule has 3 heteroatoms. The highest BCUT2D eigenvalue weighted by atomic mass is 16.3. The number of rotatable bonds is 4. The van der Waals surface area contributed by atoms with E-state index in [4.69, 9.17) is 0 Å². The number of aldehydes is 1. The molecule has 6 atom stereocenters. The molecule has 0 amide bonds. The van der Waals surface area contributed by atoms with Crippen molar-refractivity contribution in [1.82, 2.24) is 0 Å². The zero-order valence-electron chi connectivity index (χ0n) is 16.3. The summed E-state index contributed by atoms with van der Waals surface area (Å²) in [5, 5.41) is 20.0. The van der Waals surface area contributed by atoms with Gasteiger partial charge in [-0.15, -0.1) is 0 Å². The summed E-state index contributed by atoms with van der Waals surface area (Å²) in [6, 6.07) is 0. The Morgan fingerprint density at radius 2 is 2.08 bits per heavy atom. The van der Waals surface area contributed by atoms with Gasteiger partial charge in [0.25, 0.3) is 0 Å². The van der Waals surface area contributed by atoms with Gasteiger partial charge in [-0.3, -0.25) is 0 Å². The lowest BCUT2D eigenvalue weighted by molar-refractivity contribution is -0.109. The lowest BCUT2D eigenvalue weighted by Gasteiger charge is -2.44. The van der Waals surface area contributed by atoms with Gasteiger partial charge in [0.2, 0.25) is 0 Å². The molecule has 3 aliphatic carbocycles. The molecule has 2 N–H and O–H groups in total. The third-order valence-corrected chi connectivity index (χ3v) is 7.46. The van der Waals surface area contributed by atoms with Crippen LogP contribution in [0.15, 0.2) is 35.5 Å². The Morgan fingerprint density at radius 1 is 1.31 bits per heavy atom. The molecule has 0 heterocycles. The quantitative estimate of drug-likeness (QED) is 0.735. The van der Waals surface area contributed by atoms with Crippen LogP contribution in [0.5, 0.6) is 0 Å². The number of aliphatic hydroxyl groups excluding tert-OH is 2. The second kappa shape index (κ2) is 7.82. The molecule has 0 unspecified atom stereocenters. The van der Waals surface area contributed by atoms with Gasteiger partial charge in [-0.25, -0.2) is 0 Å². The van der Waals surface area contributed by atoms with E-state index in [-0.39, 0.29) is 0 Å². The Morgan fingerprint density at radius 3 is 2.81 bits per heavy atom. The van der Waals surface area contributed by atoms with E-state index in [9.17, 15) is 15.0 Å². The summed E-state index contributed by atoms with van der Waals surface area (Å²) in [5.74, 6) is 1.69. The molecule has 0 aliphatic heterocycles. The van der Waals surface area contributed by atoms with E-state index < -0.39 is 12.2 Å². The molecule has 3 rings (SSSR count). The number of carbonyl (C=O) groups is 1. The van der Waals surface area contributed by atoms with E-state index >= 15 is 0 Å². The molecule has 0 saturated heterocycles. The van der Waals surface area contributed by atoms with Crippen molar-refractivity contribution in [2.24, 2.45) is 23.2 Å². The van der Waals surface area contributed by atoms with Crippen LogP contribution >= 0.6 is 0 Å². The lowest BCUT2D eigenvalue weighted by atomic mass is 9.61. The van der Waals surface area contributed by atoms with E-state index in [1.54, 1.807) is 0 Å².